The molecule has 0 unspecified atom stereocenters. The Labute approximate surface area is 158 Å². The van der Waals surface area contributed by atoms with Gasteiger partial charge in [0.05, 0.1) is 24.5 Å². The van der Waals surface area contributed by atoms with Crippen molar-refractivity contribution in [3.05, 3.63) is 35.5 Å². The standard InChI is InChI=1S/C20H26FN3O3/c1-13-17(10-23-11-18(19(25)12-23)24-7-3-4-8-24)22-20(27-13)15-9-14(26-2)5-6-16(15)21/h5-6,9,18-19,25H,3-4,7-8,10-12H2,1-2H3/t18-,19-/m0/s1. The van der Waals surface area contributed by atoms with Gasteiger partial charge in [-0.3, -0.25) is 9.80 Å². The van der Waals surface area contributed by atoms with E-state index in [2.05, 4.69) is 14.8 Å². The number of methoxy groups -OCH3 is 1. The van der Waals surface area contributed by atoms with Crippen LogP contribution in [0.15, 0.2) is 22.6 Å². The van der Waals surface area contributed by atoms with Crippen LogP contribution in [0.4, 0.5) is 4.39 Å². The number of hydrogen-bond donors (Lipinski definition) is 1. The van der Waals surface area contributed by atoms with Crippen molar-refractivity contribution in [1.29, 1.82) is 0 Å². The zero-order valence-electron chi connectivity index (χ0n) is 15.8. The maximum absolute atomic E-state index is 14.2. The SMILES string of the molecule is COc1ccc(F)c(-c2nc(CN3C[C@H](O)[C@@H](N4CCCC4)C3)c(C)o2)c1. The quantitative estimate of drug-likeness (QED) is 0.866. The van der Waals surface area contributed by atoms with E-state index in [-0.39, 0.29) is 18.0 Å². The minimum atomic E-state index is -0.394. The Morgan fingerprint density at radius 2 is 2.07 bits per heavy atom. The molecule has 0 spiro atoms. The first kappa shape index (κ1) is 18.4. The Kier molecular flexibility index (Phi) is 5.16. The number of aromatic nitrogens is 1. The average Bonchev–Trinajstić information content (AvgIpc) is 3.37. The number of ether oxygens (including phenoxy) is 1. The van der Waals surface area contributed by atoms with Crippen LogP contribution in [0.1, 0.15) is 24.3 Å². The Bertz CT molecular complexity index is 804. The highest BCUT2D eigenvalue weighted by molar-refractivity contribution is 5.57. The number of rotatable bonds is 5. The fraction of sp³-hybridized carbons (Fsp3) is 0.550. The second kappa shape index (κ2) is 7.58. The van der Waals surface area contributed by atoms with Crippen LogP contribution in [0.25, 0.3) is 11.5 Å². The molecule has 1 N–H and O–H groups in total. The van der Waals surface area contributed by atoms with Crippen molar-refractivity contribution in [1.82, 2.24) is 14.8 Å². The van der Waals surface area contributed by atoms with Gasteiger partial charge in [0.15, 0.2) is 0 Å². The van der Waals surface area contributed by atoms with Crippen LogP contribution < -0.4 is 4.74 Å². The highest BCUT2D eigenvalue weighted by atomic mass is 19.1. The number of aliphatic hydroxyl groups is 1. The third-order valence-corrected chi connectivity index (χ3v) is 5.61. The van der Waals surface area contributed by atoms with Crippen LogP contribution in [-0.2, 0) is 6.54 Å². The molecule has 2 aromatic rings. The Morgan fingerprint density at radius 3 is 2.81 bits per heavy atom. The van der Waals surface area contributed by atoms with Gasteiger partial charge in [0.1, 0.15) is 17.3 Å². The van der Waals surface area contributed by atoms with Crippen molar-refractivity contribution in [3.8, 4) is 17.2 Å². The zero-order chi connectivity index (χ0) is 19.0. The van der Waals surface area contributed by atoms with E-state index < -0.39 is 5.82 Å². The molecule has 1 aromatic carbocycles. The second-order valence-electron chi connectivity index (χ2n) is 7.44. The number of β-amino-alcohol motifs (C(OH)–C–C–N with tert-alkyl or cyclic N) is 1. The molecule has 2 aliphatic heterocycles. The molecule has 0 bridgehead atoms. The minimum absolute atomic E-state index is 0.190. The van der Waals surface area contributed by atoms with Crippen molar-refractivity contribution < 1.29 is 18.7 Å². The summed E-state index contributed by atoms with van der Waals surface area (Å²) in [4.78, 5) is 9.11. The van der Waals surface area contributed by atoms with Crippen LogP contribution >= 0.6 is 0 Å². The first-order valence-corrected chi connectivity index (χ1v) is 9.50. The Balaban J connectivity index is 1.49. The number of aliphatic hydroxyl groups excluding tert-OH is 1. The molecule has 146 valence electrons. The summed E-state index contributed by atoms with van der Waals surface area (Å²) in [5.41, 5.74) is 1.07. The van der Waals surface area contributed by atoms with E-state index in [1.54, 1.807) is 19.2 Å². The van der Waals surface area contributed by atoms with Crippen LogP contribution in [0.3, 0.4) is 0 Å². The predicted molar refractivity (Wildman–Crippen MR) is 99.1 cm³/mol. The molecule has 1 aromatic heterocycles. The number of aryl methyl sites for hydroxylation is 1. The molecular weight excluding hydrogens is 349 g/mol. The summed E-state index contributed by atoms with van der Waals surface area (Å²) in [5.74, 6) is 1.09. The van der Waals surface area contributed by atoms with Gasteiger partial charge in [0.25, 0.3) is 0 Å². The van der Waals surface area contributed by atoms with Gasteiger partial charge in [-0.15, -0.1) is 0 Å². The largest absolute Gasteiger partial charge is 0.497 e. The zero-order valence-corrected chi connectivity index (χ0v) is 15.8. The van der Waals surface area contributed by atoms with Crippen molar-refractivity contribution in [2.45, 2.75) is 38.5 Å². The van der Waals surface area contributed by atoms with Gasteiger partial charge in [0, 0.05) is 25.7 Å². The lowest BCUT2D eigenvalue weighted by Gasteiger charge is -2.25. The molecule has 2 aliphatic rings. The van der Waals surface area contributed by atoms with E-state index in [0.717, 1.165) is 25.3 Å². The van der Waals surface area contributed by atoms with Gasteiger partial charge in [-0.2, -0.15) is 0 Å². The number of benzene rings is 1. The number of likely N-dealkylation sites (tertiary alicyclic amines) is 2. The van der Waals surface area contributed by atoms with Gasteiger partial charge in [-0.1, -0.05) is 0 Å². The van der Waals surface area contributed by atoms with Crippen LogP contribution in [0, 0.1) is 12.7 Å². The van der Waals surface area contributed by atoms with E-state index in [0.29, 0.717) is 30.2 Å². The molecule has 3 heterocycles. The predicted octanol–water partition coefficient (Wildman–Crippen LogP) is 2.44. The normalized spacial score (nSPS) is 24.0. The molecule has 27 heavy (non-hydrogen) atoms. The van der Waals surface area contributed by atoms with E-state index >= 15 is 0 Å². The summed E-state index contributed by atoms with van der Waals surface area (Å²) in [6.45, 7) is 6.00. The topological polar surface area (TPSA) is 62.0 Å². The molecule has 0 aliphatic carbocycles. The molecule has 0 radical (unpaired) electrons. The number of hydrogen-bond acceptors (Lipinski definition) is 6. The van der Waals surface area contributed by atoms with Gasteiger partial charge >= 0.3 is 0 Å². The van der Waals surface area contributed by atoms with Crippen molar-refractivity contribution in [2.75, 3.05) is 33.3 Å². The molecule has 7 heteroatoms. The highest BCUT2D eigenvalue weighted by Crippen LogP contribution is 2.29. The minimum Gasteiger partial charge on any atom is -0.497 e. The number of halogens is 1. The van der Waals surface area contributed by atoms with Crippen molar-refractivity contribution >= 4 is 0 Å². The molecule has 2 atom stereocenters. The average molecular weight is 375 g/mol. The van der Waals surface area contributed by atoms with E-state index in [4.69, 9.17) is 9.15 Å². The summed E-state index contributed by atoms with van der Waals surface area (Å²) < 4.78 is 25.1. The number of oxazole rings is 1. The summed E-state index contributed by atoms with van der Waals surface area (Å²) in [5, 5.41) is 10.5. The van der Waals surface area contributed by atoms with Gasteiger partial charge in [-0.05, 0) is 51.1 Å². The summed E-state index contributed by atoms with van der Waals surface area (Å²) in [7, 11) is 1.54. The van der Waals surface area contributed by atoms with Gasteiger partial charge in [0.2, 0.25) is 5.89 Å². The third-order valence-electron chi connectivity index (χ3n) is 5.61. The third kappa shape index (κ3) is 3.72. The first-order valence-electron chi connectivity index (χ1n) is 9.50. The summed E-state index contributed by atoms with van der Waals surface area (Å²) in [6, 6.07) is 4.70. The van der Waals surface area contributed by atoms with E-state index in [1.165, 1.54) is 18.9 Å². The van der Waals surface area contributed by atoms with Gasteiger partial charge < -0.3 is 14.3 Å². The van der Waals surface area contributed by atoms with Crippen LogP contribution in [-0.4, -0.2) is 65.3 Å². The lowest BCUT2D eigenvalue weighted by atomic mass is 10.2. The lowest BCUT2D eigenvalue weighted by Crippen LogP contribution is -2.41. The molecular formula is C20H26FN3O3. The number of nitrogens with zero attached hydrogens (tertiary/aromatic N) is 3. The molecule has 2 saturated heterocycles. The molecule has 2 fully saturated rings. The summed E-state index contributed by atoms with van der Waals surface area (Å²) >= 11 is 0. The monoisotopic (exact) mass is 375 g/mol. The Hall–Kier alpha value is -1.96. The molecule has 4 rings (SSSR count). The van der Waals surface area contributed by atoms with E-state index in [9.17, 15) is 9.50 Å². The second-order valence-corrected chi connectivity index (χ2v) is 7.44. The fourth-order valence-electron chi connectivity index (χ4n) is 4.11. The molecule has 0 amide bonds. The molecule has 6 nitrogen and oxygen atoms in total. The van der Waals surface area contributed by atoms with Crippen molar-refractivity contribution in [3.63, 3.8) is 0 Å². The Morgan fingerprint density at radius 1 is 1.30 bits per heavy atom. The lowest BCUT2D eigenvalue weighted by molar-refractivity contribution is 0.0978. The van der Waals surface area contributed by atoms with Gasteiger partial charge in [-0.25, -0.2) is 9.37 Å². The molecule has 0 saturated carbocycles. The highest BCUT2D eigenvalue weighted by Gasteiger charge is 2.36. The summed E-state index contributed by atoms with van der Waals surface area (Å²) in [6.07, 6.45) is 2.08. The van der Waals surface area contributed by atoms with E-state index in [1.807, 2.05) is 6.92 Å². The first-order chi connectivity index (χ1) is 13.0. The maximum atomic E-state index is 14.2. The fourth-order valence-corrected chi connectivity index (χ4v) is 4.11. The van der Waals surface area contributed by atoms with Crippen molar-refractivity contribution in [2.24, 2.45) is 0 Å². The van der Waals surface area contributed by atoms with Crippen LogP contribution in [0.5, 0.6) is 5.75 Å². The van der Waals surface area contributed by atoms with Crippen LogP contribution in [0.2, 0.25) is 0 Å². The smallest absolute Gasteiger partial charge is 0.229 e. The maximum Gasteiger partial charge on any atom is 0.229 e.